The maximum atomic E-state index is 13.4. The molecule has 2 fully saturated rings. The maximum absolute atomic E-state index is 13.4. The van der Waals surface area contributed by atoms with Crippen molar-refractivity contribution in [3.05, 3.63) is 65.7 Å². The number of hydrogen-bond acceptors (Lipinski definition) is 4. The first kappa shape index (κ1) is 18.0. The second kappa shape index (κ2) is 8.11. The Bertz CT molecular complexity index is 774. The normalized spacial score (nSPS) is 22.9. The van der Waals surface area contributed by atoms with Crippen LogP contribution in [0.5, 0.6) is 0 Å². The van der Waals surface area contributed by atoms with Crippen LogP contribution >= 0.6 is 0 Å². The van der Waals surface area contributed by atoms with E-state index in [-0.39, 0.29) is 5.91 Å². The molecular weight excluding hydrogens is 338 g/mol. The van der Waals surface area contributed by atoms with Crippen LogP contribution in [-0.2, 0) is 4.74 Å². The van der Waals surface area contributed by atoms with Gasteiger partial charge in [0, 0.05) is 37.8 Å². The molecule has 2 heterocycles. The number of para-hydroxylation sites is 1. The molecule has 5 nitrogen and oxygen atoms in total. The highest BCUT2D eigenvalue weighted by Gasteiger charge is 2.36. The van der Waals surface area contributed by atoms with Gasteiger partial charge in [-0.25, -0.2) is 0 Å². The van der Waals surface area contributed by atoms with Gasteiger partial charge >= 0.3 is 0 Å². The highest BCUT2D eigenvalue weighted by molar-refractivity contribution is 6.00. The quantitative estimate of drug-likeness (QED) is 0.904. The minimum absolute atomic E-state index is 0.106. The molecule has 0 aromatic heterocycles. The molecule has 0 saturated carbocycles. The van der Waals surface area contributed by atoms with Crippen molar-refractivity contribution in [2.45, 2.75) is 5.92 Å². The van der Waals surface area contributed by atoms with Crippen molar-refractivity contribution >= 4 is 11.6 Å². The summed E-state index contributed by atoms with van der Waals surface area (Å²) in [7, 11) is 0. The SMILES string of the molecule is NC[C@@H]1CN(C(=O)c2ccccc2N2CCOCC2)C[C@H]1c1ccccc1. The van der Waals surface area contributed by atoms with Gasteiger partial charge in [0.1, 0.15) is 0 Å². The highest BCUT2D eigenvalue weighted by atomic mass is 16.5. The van der Waals surface area contributed by atoms with Gasteiger partial charge in [-0.2, -0.15) is 0 Å². The van der Waals surface area contributed by atoms with E-state index in [0.717, 1.165) is 30.9 Å². The van der Waals surface area contributed by atoms with Crippen LogP contribution < -0.4 is 10.6 Å². The first-order valence-electron chi connectivity index (χ1n) is 9.74. The van der Waals surface area contributed by atoms with E-state index in [1.165, 1.54) is 5.56 Å². The number of anilines is 1. The van der Waals surface area contributed by atoms with Crippen molar-refractivity contribution in [3.63, 3.8) is 0 Å². The van der Waals surface area contributed by atoms with Crippen LogP contribution in [0, 0.1) is 5.92 Å². The second-order valence-electron chi connectivity index (χ2n) is 7.34. The van der Waals surface area contributed by atoms with Gasteiger partial charge in [-0.05, 0) is 30.2 Å². The van der Waals surface area contributed by atoms with E-state index in [2.05, 4.69) is 29.2 Å². The number of rotatable bonds is 4. The standard InChI is InChI=1S/C22H27N3O2/c23-14-18-15-25(16-20(18)17-6-2-1-3-7-17)22(26)19-8-4-5-9-21(19)24-10-12-27-13-11-24/h1-9,18,20H,10-16,23H2/t18-,20+/m1/s1. The van der Waals surface area contributed by atoms with Gasteiger partial charge in [0.25, 0.3) is 5.91 Å². The highest BCUT2D eigenvalue weighted by Crippen LogP contribution is 2.34. The number of ether oxygens (including phenoxy) is 1. The van der Waals surface area contributed by atoms with E-state index in [1.807, 2.05) is 35.2 Å². The average Bonchev–Trinajstić information content (AvgIpc) is 3.19. The van der Waals surface area contributed by atoms with Crippen LogP contribution in [0.1, 0.15) is 21.8 Å². The lowest BCUT2D eigenvalue weighted by atomic mass is 9.89. The lowest BCUT2D eigenvalue weighted by Gasteiger charge is -2.31. The summed E-state index contributed by atoms with van der Waals surface area (Å²) in [4.78, 5) is 17.6. The molecule has 2 saturated heterocycles. The molecule has 2 aromatic rings. The van der Waals surface area contributed by atoms with E-state index in [9.17, 15) is 4.79 Å². The molecule has 0 bridgehead atoms. The molecule has 2 aromatic carbocycles. The zero-order chi connectivity index (χ0) is 18.6. The van der Waals surface area contributed by atoms with Crippen molar-refractivity contribution in [2.75, 3.05) is 50.8 Å². The van der Waals surface area contributed by atoms with Crippen LogP contribution in [0.3, 0.4) is 0 Å². The molecule has 5 heteroatoms. The number of morpholine rings is 1. The first-order valence-corrected chi connectivity index (χ1v) is 9.74. The van der Waals surface area contributed by atoms with Crippen molar-refractivity contribution in [3.8, 4) is 0 Å². The Kier molecular flexibility index (Phi) is 5.41. The van der Waals surface area contributed by atoms with E-state index < -0.39 is 0 Å². The fourth-order valence-corrected chi connectivity index (χ4v) is 4.26. The summed E-state index contributed by atoms with van der Waals surface area (Å²) in [6.07, 6.45) is 0. The summed E-state index contributed by atoms with van der Waals surface area (Å²) in [5.41, 5.74) is 9.11. The Balaban J connectivity index is 1.57. The molecule has 0 unspecified atom stereocenters. The fraction of sp³-hybridized carbons (Fsp3) is 0.409. The molecular formula is C22H27N3O2. The van der Waals surface area contributed by atoms with Crippen LogP contribution in [0.25, 0.3) is 0 Å². The second-order valence-corrected chi connectivity index (χ2v) is 7.34. The molecule has 2 aliphatic rings. The van der Waals surface area contributed by atoms with Gasteiger partial charge < -0.3 is 20.3 Å². The smallest absolute Gasteiger partial charge is 0.255 e. The number of carbonyl (C=O) groups excluding carboxylic acids is 1. The Morgan fingerprint density at radius 2 is 1.70 bits per heavy atom. The minimum atomic E-state index is 0.106. The number of likely N-dealkylation sites (tertiary alicyclic amines) is 1. The van der Waals surface area contributed by atoms with Gasteiger partial charge in [-0.3, -0.25) is 4.79 Å². The van der Waals surface area contributed by atoms with Gasteiger partial charge in [0.05, 0.1) is 18.8 Å². The Labute approximate surface area is 160 Å². The predicted molar refractivity (Wildman–Crippen MR) is 107 cm³/mol. The number of hydrogen-bond donors (Lipinski definition) is 1. The van der Waals surface area contributed by atoms with Crippen LogP contribution in [-0.4, -0.2) is 56.7 Å². The molecule has 2 N–H and O–H groups in total. The van der Waals surface area contributed by atoms with Gasteiger partial charge in [-0.15, -0.1) is 0 Å². The zero-order valence-corrected chi connectivity index (χ0v) is 15.6. The Hall–Kier alpha value is -2.37. The van der Waals surface area contributed by atoms with E-state index in [4.69, 9.17) is 10.5 Å². The molecule has 142 valence electrons. The first-order chi connectivity index (χ1) is 13.3. The largest absolute Gasteiger partial charge is 0.378 e. The third-order valence-corrected chi connectivity index (χ3v) is 5.74. The van der Waals surface area contributed by atoms with E-state index in [0.29, 0.717) is 38.1 Å². The third-order valence-electron chi connectivity index (χ3n) is 5.74. The van der Waals surface area contributed by atoms with Gasteiger partial charge in [0.2, 0.25) is 0 Å². The van der Waals surface area contributed by atoms with Crippen molar-refractivity contribution in [2.24, 2.45) is 11.7 Å². The molecule has 0 spiro atoms. The number of nitrogens with two attached hydrogens (primary N) is 1. The van der Waals surface area contributed by atoms with Crippen molar-refractivity contribution < 1.29 is 9.53 Å². The lowest BCUT2D eigenvalue weighted by molar-refractivity contribution is 0.0785. The molecule has 2 aliphatic heterocycles. The van der Waals surface area contributed by atoms with Gasteiger partial charge in [0.15, 0.2) is 0 Å². The predicted octanol–water partition coefficient (Wildman–Crippen LogP) is 2.34. The number of nitrogens with zero attached hydrogens (tertiary/aromatic N) is 2. The minimum Gasteiger partial charge on any atom is -0.378 e. The molecule has 4 rings (SSSR count). The van der Waals surface area contributed by atoms with Crippen LogP contribution in [0.2, 0.25) is 0 Å². The van der Waals surface area contributed by atoms with Crippen molar-refractivity contribution in [1.82, 2.24) is 4.90 Å². The van der Waals surface area contributed by atoms with E-state index in [1.54, 1.807) is 0 Å². The summed E-state index contributed by atoms with van der Waals surface area (Å²) in [6.45, 7) is 5.09. The topological polar surface area (TPSA) is 58.8 Å². The summed E-state index contributed by atoms with van der Waals surface area (Å²) >= 11 is 0. The summed E-state index contributed by atoms with van der Waals surface area (Å²) in [6, 6.07) is 18.4. The molecule has 27 heavy (non-hydrogen) atoms. The average molecular weight is 365 g/mol. The summed E-state index contributed by atoms with van der Waals surface area (Å²) in [5, 5.41) is 0. The molecule has 2 atom stereocenters. The Morgan fingerprint density at radius 1 is 1.00 bits per heavy atom. The third kappa shape index (κ3) is 3.70. The lowest BCUT2D eigenvalue weighted by Crippen LogP contribution is -2.38. The molecule has 0 radical (unpaired) electrons. The van der Waals surface area contributed by atoms with Gasteiger partial charge in [-0.1, -0.05) is 42.5 Å². The number of benzene rings is 2. The number of carbonyl (C=O) groups is 1. The van der Waals surface area contributed by atoms with Crippen LogP contribution in [0.15, 0.2) is 54.6 Å². The zero-order valence-electron chi connectivity index (χ0n) is 15.6. The van der Waals surface area contributed by atoms with E-state index >= 15 is 0 Å². The van der Waals surface area contributed by atoms with Crippen molar-refractivity contribution in [1.29, 1.82) is 0 Å². The van der Waals surface area contributed by atoms with Crippen LogP contribution in [0.4, 0.5) is 5.69 Å². The molecule has 1 amide bonds. The Morgan fingerprint density at radius 3 is 2.44 bits per heavy atom. The monoisotopic (exact) mass is 365 g/mol. The fourth-order valence-electron chi connectivity index (χ4n) is 4.26. The maximum Gasteiger partial charge on any atom is 0.255 e. The molecule has 0 aliphatic carbocycles. The summed E-state index contributed by atoms with van der Waals surface area (Å²) < 4.78 is 5.46. The summed E-state index contributed by atoms with van der Waals surface area (Å²) in [5.74, 6) is 0.705. The number of amides is 1.